The molecule has 0 spiro atoms. The summed E-state index contributed by atoms with van der Waals surface area (Å²) in [4.78, 5) is 1.19. The van der Waals surface area contributed by atoms with Crippen LogP contribution in [0, 0.1) is 0 Å². The number of halogens is 1. The van der Waals surface area contributed by atoms with E-state index in [-0.39, 0.29) is 12.1 Å². The minimum Gasteiger partial charge on any atom is -0.490 e. The fourth-order valence-electron chi connectivity index (χ4n) is 2.78. The van der Waals surface area contributed by atoms with Gasteiger partial charge in [-0.1, -0.05) is 30.7 Å². The van der Waals surface area contributed by atoms with E-state index in [1.165, 1.54) is 16.0 Å². The van der Waals surface area contributed by atoms with Crippen LogP contribution in [0.3, 0.4) is 0 Å². The van der Waals surface area contributed by atoms with E-state index in [1.54, 1.807) is 11.3 Å². The van der Waals surface area contributed by atoms with Crippen molar-refractivity contribution in [1.82, 2.24) is 5.32 Å². The summed E-state index contributed by atoms with van der Waals surface area (Å²) in [6.45, 7) is 5.27. The van der Waals surface area contributed by atoms with E-state index in [9.17, 15) is 0 Å². The zero-order chi connectivity index (χ0) is 14.8. The van der Waals surface area contributed by atoms with Crippen LogP contribution < -0.4 is 10.1 Å². The molecule has 2 unspecified atom stereocenters. The summed E-state index contributed by atoms with van der Waals surface area (Å²) in [6, 6.07) is 8.65. The van der Waals surface area contributed by atoms with E-state index in [0.717, 1.165) is 30.2 Å². The third kappa shape index (κ3) is 3.10. The van der Waals surface area contributed by atoms with Gasteiger partial charge in [-0.2, -0.15) is 0 Å². The summed E-state index contributed by atoms with van der Waals surface area (Å²) in [5.74, 6) is 1.03. The first-order chi connectivity index (χ1) is 10.2. The van der Waals surface area contributed by atoms with Crippen molar-refractivity contribution < 1.29 is 4.74 Å². The predicted molar refractivity (Wildman–Crippen MR) is 89.7 cm³/mol. The number of thiophene rings is 1. The molecule has 2 aromatic rings. The summed E-state index contributed by atoms with van der Waals surface area (Å²) < 4.78 is 5.79. The maximum Gasteiger partial charge on any atom is 0.123 e. The largest absolute Gasteiger partial charge is 0.490 e. The van der Waals surface area contributed by atoms with Crippen molar-refractivity contribution in [3.63, 3.8) is 0 Å². The summed E-state index contributed by atoms with van der Waals surface area (Å²) in [7, 11) is 0. The van der Waals surface area contributed by atoms with Gasteiger partial charge in [0.05, 0.1) is 11.1 Å². The van der Waals surface area contributed by atoms with Crippen LogP contribution in [0.4, 0.5) is 0 Å². The van der Waals surface area contributed by atoms with Gasteiger partial charge >= 0.3 is 0 Å². The van der Waals surface area contributed by atoms with E-state index in [4.69, 9.17) is 16.3 Å². The fraction of sp³-hybridized carbons (Fsp3) is 0.412. The van der Waals surface area contributed by atoms with Crippen molar-refractivity contribution >= 4 is 22.9 Å². The Morgan fingerprint density at radius 1 is 1.43 bits per heavy atom. The number of fused-ring (bicyclic) bond motifs is 1. The number of benzene rings is 1. The van der Waals surface area contributed by atoms with Crippen LogP contribution in [0.5, 0.6) is 5.75 Å². The first-order valence-corrected chi connectivity index (χ1v) is 8.70. The van der Waals surface area contributed by atoms with Gasteiger partial charge in [0.15, 0.2) is 0 Å². The molecule has 1 aliphatic heterocycles. The lowest BCUT2D eigenvalue weighted by Crippen LogP contribution is -2.22. The predicted octanol–water partition coefficient (Wildman–Crippen LogP) is 4.81. The van der Waals surface area contributed by atoms with Crippen molar-refractivity contribution in [3.05, 3.63) is 50.7 Å². The maximum atomic E-state index is 6.35. The zero-order valence-electron chi connectivity index (χ0n) is 12.4. The van der Waals surface area contributed by atoms with Crippen molar-refractivity contribution in [1.29, 1.82) is 0 Å². The molecular formula is C17H20ClNOS. The third-order valence-electron chi connectivity index (χ3n) is 3.76. The molecule has 1 aromatic carbocycles. The number of hydrogen-bond acceptors (Lipinski definition) is 3. The Hall–Kier alpha value is -1.03. The molecule has 0 saturated heterocycles. The van der Waals surface area contributed by atoms with Crippen LogP contribution in [-0.4, -0.2) is 12.6 Å². The molecule has 1 N–H and O–H groups in total. The minimum absolute atomic E-state index is 0.165. The standard InChI is InChI=1S/C17H20ClNOS/c1-3-7-19-16(17-14(18)6-8-21-17)12-4-5-15-13(10-12)9-11(2)20-15/h4-6,8,10-11,16,19H,3,7,9H2,1-2H3. The molecule has 2 nitrogen and oxygen atoms in total. The Morgan fingerprint density at radius 3 is 3.00 bits per heavy atom. The smallest absolute Gasteiger partial charge is 0.123 e. The SMILES string of the molecule is CCCNC(c1ccc2c(c1)CC(C)O2)c1sccc1Cl. The minimum atomic E-state index is 0.165. The fourth-order valence-corrected chi connectivity index (χ4v) is 4.05. The highest BCUT2D eigenvalue weighted by Gasteiger charge is 2.23. The van der Waals surface area contributed by atoms with Gasteiger partial charge in [0, 0.05) is 11.3 Å². The quantitative estimate of drug-likeness (QED) is 0.853. The third-order valence-corrected chi connectivity index (χ3v) is 5.18. The van der Waals surface area contributed by atoms with E-state index in [0.29, 0.717) is 0 Å². The van der Waals surface area contributed by atoms with Crippen molar-refractivity contribution in [2.75, 3.05) is 6.54 Å². The monoisotopic (exact) mass is 321 g/mol. The van der Waals surface area contributed by atoms with Crippen molar-refractivity contribution in [2.45, 2.75) is 38.8 Å². The van der Waals surface area contributed by atoms with E-state index in [2.05, 4.69) is 42.7 Å². The first kappa shape index (κ1) is 14.9. The molecule has 0 saturated carbocycles. The Morgan fingerprint density at radius 2 is 2.29 bits per heavy atom. The summed E-state index contributed by atoms with van der Waals surface area (Å²) in [6.07, 6.45) is 2.37. The highest BCUT2D eigenvalue weighted by Crippen LogP contribution is 2.36. The lowest BCUT2D eigenvalue weighted by atomic mass is 10.0. The second-order valence-corrected chi connectivity index (χ2v) is 6.87. The van der Waals surface area contributed by atoms with Crippen LogP contribution in [-0.2, 0) is 6.42 Å². The summed E-state index contributed by atoms with van der Waals surface area (Å²) in [5, 5.41) is 6.51. The zero-order valence-corrected chi connectivity index (χ0v) is 13.9. The molecule has 4 heteroatoms. The number of ether oxygens (including phenoxy) is 1. The van der Waals surface area contributed by atoms with Gasteiger partial charge in [0.1, 0.15) is 11.9 Å². The highest BCUT2D eigenvalue weighted by atomic mass is 35.5. The molecular weight excluding hydrogens is 302 g/mol. The van der Waals surface area contributed by atoms with Gasteiger partial charge in [-0.15, -0.1) is 11.3 Å². The van der Waals surface area contributed by atoms with Crippen LogP contribution in [0.15, 0.2) is 29.6 Å². The van der Waals surface area contributed by atoms with Gasteiger partial charge < -0.3 is 10.1 Å². The molecule has 0 amide bonds. The molecule has 0 bridgehead atoms. The molecule has 0 fully saturated rings. The second kappa shape index (κ2) is 6.39. The molecule has 3 rings (SSSR count). The molecule has 0 radical (unpaired) electrons. The molecule has 112 valence electrons. The van der Waals surface area contributed by atoms with E-state index >= 15 is 0 Å². The van der Waals surface area contributed by atoms with Crippen molar-refractivity contribution in [3.8, 4) is 5.75 Å². The van der Waals surface area contributed by atoms with Crippen LogP contribution in [0.1, 0.15) is 42.3 Å². The molecule has 2 atom stereocenters. The van der Waals surface area contributed by atoms with Gasteiger partial charge in [0.2, 0.25) is 0 Å². The molecule has 1 aromatic heterocycles. The summed E-state index contributed by atoms with van der Waals surface area (Å²) >= 11 is 8.06. The number of hydrogen-bond donors (Lipinski definition) is 1. The normalized spacial score (nSPS) is 18.3. The molecule has 1 aliphatic rings. The van der Waals surface area contributed by atoms with Crippen molar-refractivity contribution in [2.24, 2.45) is 0 Å². The molecule has 21 heavy (non-hydrogen) atoms. The van der Waals surface area contributed by atoms with Crippen LogP contribution in [0.25, 0.3) is 0 Å². The van der Waals surface area contributed by atoms with Crippen LogP contribution in [0.2, 0.25) is 5.02 Å². The Kier molecular flexibility index (Phi) is 4.53. The molecule has 2 heterocycles. The average Bonchev–Trinajstić information content (AvgIpc) is 3.04. The van der Waals surface area contributed by atoms with E-state index in [1.807, 2.05) is 6.07 Å². The number of nitrogens with one attached hydrogen (secondary N) is 1. The Balaban J connectivity index is 1.94. The Bertz CT molecular complexity index is 625. The second-order valence-electron chi connectivity index (χ2n) is 5.52. The van der Waals surface area contributed by atoms with Gasteiger partial charge in [-0.25, -0.2) is 0 Å². The lowest BCUT2D eigenvalue weighted by molar-refractivity contribution is 0.254. The Labute approximate surface area is 135 Å². The van der Waals surface area contributed by atoms with Gasteiger partial charge in [-0.3, -0.25) is 0 Å². The number of rotatable bonds is 5. The van der Waals surface area contributed by atoms with E-state index < -0.39 is 0 Å². The maximum absolute atomic E-state index is 6.35. The topological polar surface area (TPSA) is 21.3 Å². The summed E-state index contributed by atoms with van der Waals surface area (Å²) in [5.41, 5.74) is 2.57. The highest BCUT2D eigenvalue weighted by molar-refractivity contribution is 7.10. The van der Waals surface area contributed by atoms with Gasteiger partial charge in [-0.05, 0) is 48.5 Å². The van der Waals surface area contributed by atoms with Gasteiger partial charge in [0.25, 0.3) is 0 Å². The molecule has 0 aliphatic carbocycles. The average molecular weight is 322 g/mol. The lowest BCUT2D eigenvalue weighted by Gasteiger charge is -2.19. The first-order valence-electron chi connectivity index (χ1n) is 7.44. The van der Waals surface area contributed by atoms with Crippen LogP contribution >= 0.6 is 22.9 Å².